The first-order valence-electron chi connectivity index (χ1n) is 8.23. The Morgan fingerprint density at radius 3 is 1.38 bits per heavy atom. The zero-order chi connectivity index (χ0) is 17.9. The zero-order valence-corrected chi connectivity index (χ0v) is 14.3. The van der Waals surface area contributed by atoms with Crippen LogP contribution in [0.5, 0.6) is 5.75 Å². The molecule has 4 N–H and O–H groups in total. The molecule has 0 spiro atoms. The molecule has 0 fully saturated rings. The predicted molar refractivity (Wildman–Crippen MR) is 89.5 cm³/mol. The molecule has 0 amide bonds. The van der Waals surface area contributed by atoms with Gasteiger partial charge < -0.3 is 25.5 Å². The first-order chi connectivity index (χ1) is 11.5. The molecule has 0 unspecified atom stereocenters. The summed E-state index contributed by atoms with van der Waals surface area (Å²) >= 11 is 0. The number of benzene rings is 1. The van der Waals surface area contributed by atoms with E-state index in [0.717, 1.165) is 5.56 Å². The molecule has 1 aromatic rings. The summed E-state index contributed by atoms with van der Waals surface area (Å²) in [7, 11) is 0. The second-order valence-corrected chi connectivity index (χ2v) is 5.86. The Kier molecular flexibility index (Phi) is 9.85. The van der Waals surface area contributed by atoms with Crippen molar-refractivity contribution in [3.8, 4) is 5.75 Å². The molecule has 1 rings (SSSR count). The molecule has 0 radical (unpaired) electrons. The Bertz CT molecular complexity index is 433. The van der Waals surface area contributed by atoms with Crippen molar-refractivity contribution in [3.63, 3.8) is 0 Å². The van der Waals surface area contributed by atoms with Crippen molar-refractivity contribution in [3.05, 3.63) is 28.8 Å². The summed E-state index contributed by atoms with van der Waals surface area (Å²) in [5.41, 5.74) is 2.21. The van der Waals surface area contributed by atoms with E-state index in [1.54, 1.807) is 0 Å². The van der Waals surface area contributed by atoms with E-state index in [1.807, 2.05) is 28.9 Å². The van der Waals surface area contributed by atoms with Crippen LogP contribution < -0.4 is 5.11 Å². The van der Waals surface area contributed by atoms with Gasteiger partial charge in [-0.15, -0.1) is 0 Å². The highest BCUT2D eigenvalue weighted by Crippen LogP contribution is 2.24. The first-order valence-corrected chi connectivity index (χ1v) is 8.23. The average Bonchev–Trinajstić information content (AvgIpc) is 2.52. The zero-order valence-electron chi connectivity index (χ0n) is 14.3. The van der Waals surface area contributed by atoms with Gasteiger partial charge in [0.1, 0.15) is 0 Å². The SMILES string of the molecule is Cc1cc(CN(CCO)CCO)c([O-])c(CN(CCO)CCO)c1. The molecule has 0 saturated carbocycles. The lowest BCUT2D eigenvalue weighted by Crippen LogP contribution is -2.31. The Hall–Kier alpha value is -1.22. The van der Waals surface area contributed by atoms with Gasteiger partial charge in [-0.25, -0.2) is 0 Å². The summed E-state index contributed by atoms with van der Waals surface area (Å²) < 4.78 is 0. The number of nitrogens with zero attached hydrogens (tertiary/aromatic N) is 2. The summed E-state index contributed by atoms with van der Waals surface area (Å²) in [6.07, 6.45) is 0. The van der Waals surface area contributed by atoms with Gasteiger partial charge in [0, 0.05) is 39.3 Å². The summed E-state index contributed by atoms with van der Waals surface area (Å²) in [6.45, 7) is 4.09. The molecule has 0 aliphatic rings. The minimum absolute atomic E-state index is 0.0341. The molecule has 0 bridgehead atoms. The third-order valence-electron chi connectivity index (χ3n) is 3.84. The fourth-order valence-electron chi connectivity index (χ4n) is 2.75. The molecule has 0 aromatic heterocycles. The number of rotatable bonds is 12. The van der Waals surface area contributed by atoms with Crippen molar-refractivity contribution in [2.24, 2.45) is 0 Å². The quantitative estimate of drug-likeness (QED) is 0.372. The Balaban J connectivity index is 2.96. The van der Waals surface area contributed by atoms with E-state index in [2.05, 4.69) is 0 Å². The van der Waals surface area contributed by atoms with Crippen LogP contribution in [0.4, 0.5) is 0 Å². The van der Waals surface area contributed by atoms with Gasteiger partial charge in [-0.3, -0.25) is 9.80 Å². The molecular formula is C17H29N2O5-. The lowest BCUT2D eigenvalue weighted by atomic mass is 10.0. The maximum absolute atomic E-state index is 12.7. The standard InChI is InChI=1S/C17H30N2O5/c1-14-10-15(12-18(2-6-20)3-7-21)17(24)16(11-14)13-19(4-8-22)5-9-23/h10-11,20-24H,2-9,12-13H2,1H3/p-1. The second-order valence-electron chi connectivity index (χ2n) is 5.86. The maximum atomic E-state index is 12.7. The van der Waals surface area contributed by atoms with Crippen LogP contribution in [0, 0.1) is 6.92 Å². The van der Waals surface area contributed by atoms with Crippen LogP contribution in [-0.4, -0.2) is 82.8 Å². The molecule has 138 valence electrons. The molecular weight excluding hydrogens is 312 g/mol. The van der Waals surface area contributed by atoms with E-state index < -0.39 is 0 Å². The van der Waals surface area contributed by atoms with Crippen LogP contribution in [0.3, 0.4) is 0 Å². The second kappa shape index (κ2) is 11.4. The third kappa shape index (κ3) is 6.72. The van der Waals surface area contributed by atoms with Crippen LogP contribution in [0.15, 0.2) is 12.1 Å². The third-order valence-corrected chi connectivity index (χ3v) is 3.84. The van der Waals surface area contributed by atoms with E-state index in [1.165, 1.54) is 0 Å². The van der Waals surface area contributed by atoms with Crippen molar-refractivity contribution in [2.45, 2.75) is 20.0 Å². The molecule has 1 aromatic carbocycles. The van der Waals surface area contributed by atoms with Crippen LogP contribution in [0.25, 0.3) is 0 Å². The smallest absolute Gasteiger partial charge is 0.0558 e. The van der Waals surface area contributed by atoms with E-state index >= 15 is 0 Å². The number of hydrogen-bond acceptors (Lipinski definition) is 7. The number of aliphatic hydroxyl groups excluding tert-OH is 4. The molecule has 0 saturated heterocycles. The van der Waals surface area contributed by atoms with Crippen LogP contribution in [0.2, 0.25) is 0 Å². The number of aryl methyl sites for hydroxylation is 1. The highest BCUT2D eigenvalue weighted by Gasteiger charge is 2.11. The number of aliphatic hydroxyl groups is 4. The van der Waals surface area contributed by atoms with Gasteiger partial charge in [0.2, 0.25) is 0 Å². The van der Waals surface area contributed by atoms with Gasteiger partial charge >= 0.3 is 0 Å². The summed E-state index contributed by atoms with van der Waals surface area (Å²) in [5.74, 6) is -0.0673. The highest BCUT2D eigenvalue weighted by atomic mass is 16.3. The van der Waals surface area contributed by atoms with Crippen molar-refractivity contribution in [1.82, 2.24) is 9.80 Å². The van der Waals surface area contributed by atoms with Gasteiger partial charge in [-0.2, -0.15) is 0 Å². The van der Waals surface area contributed by atoms with E-state index in [0.29, 0.717) is 50.4 Å². The summed E-state index contributed by atoms with van der Waals surface area (Å²) in [5, 5.41) is 49.1. The largest absolute Gasteiger partial charge is 0.872 e. The Morgan fingerprint density at radius 2 is 1.08 bits per heavy atom. The Morgan fingerprint density at radius 1 is 0.750 bits per heavy atom. The van der Waals surface area contributed by atoms with Crippen LogP contribution in [-0.2, 0) is 13.1 Å². The topological polar surface area (TPSA) is 110 Å². The van der Waals surface area contributed by atoms with Gasteiger partial charge in [-0.05, 0) is 18.1 Å². The average molecular weight is 341 g/mol. The molecule has 7 nitrogen and oxygen atoms in total. The fourth-order valence-corrected chi connectivity index (χ4v) is 2.75. The molecule has 0 aliphatic carbocycles. The van der Waals surface area contributed by atoms with Gasteiger partial charge in [0.25, 0.3) is 0 Å². The monoisotopic (exact) mass is 341 g/mol. The lowest BCUT2D eigenvalue weighted by molar-refractivity contribution is -0.271. The summed E-state index contributed by atoms with van der Waals surface area (Å²) in [4.78, 5) is 3.67. The Labute approximate surface area is 143 Å². The number of hydrogen-bond donors (Lipinski definition) is 4. The highest BCUT2D eigenvalue weighted by molar-refractivity contribution is 5.42. The van der Waals surface area contributed by atoms with E-state index in [4.69, 9.17) is 20.4 Å². The minimum atomic E-state index is -0.0673. The lowest BCUT2D eigenvalue weighted by Gasteiger charge is -2.28. The van der Waals surface area contributed by atoms with E-state index in [-0.39, 0.29) is 32.2 Å². The van der Waals surface area contributed by atoms with Gasteiger partial charge in [0.05, 0.1) is 26.4 Å². The van der Waals surface area contributed by atoms with Crippen molar-refractivity contribution in [1.29, 1.82) is 0 Å². The molecule has 0 heterocycles. The van der Waals surface area contributed by atoms with E-state index in [9.17, 15) is 5.11 Å². The molecule has 0 aliphatic heterocycles. The molecule has 7 heteroatoms. The van der Waals surface area contributed by atoms with Crippen molar-refractivity contribution < 1.29 is 25.5 Å². The first kappa shape index (κ1) is 20.8. The predicted octanol–water partition coefficient (Wildman–Crippen LogP) is -1.36. The summed E-state index contributed by atoms with van der Waals surface area (Å²) in [6, 6.07) is 3.66. The van der Waals surface area contributed by atoms with Crippen molar-refractivity contribution in [2.75, 3.05) is 52.6 Å². The normalized spacial score (nSPS) is 11.6. The minimum Gasteiger partial charge on any atom is -0.872 e. The van der Waals surface area contributed by atoms with Gasteiger partial charge in [-0.1, -0.05) is 23.4 Å². The fraction of sp³-hybridized carbons (Fsp3) is 0.647. The molecule has 0 atom stereocenters. The van der Waals surface area contributed by atoms with Crippen LogP contribution >= 0.6 is 0 Å². The molecule has 24 heavy (non-hydrogen) atoms. The van der Waals surface area contributed by atoms with Crippen LogP contribution in [0.1, 0.15) is 16.7 Å². The maximum Gasteiger partial charge on any atom is 0.0558 e. The van der Waals surface area contributed by atoms with Gasteiger partial charge in [0.15, 0.2) is 0 Å². The van der Waals surface area contributed by atoms with Crippen molar-refractivity contribution >= 4 is 0 Å².